The third kappa shape index (κ3) is 4.41. The molecule has 0 unspecified atom stereocenters. The molecule has 22 heavy (non-hydrogen) atoms. The summed E-state index contributed by atoms with van der Waals surface area (Å²) in [6, 6.07) is 11.1. The van der Waals surface area contributed by atoms with Gasteiger partial charge < -0.3 is 9.84 Å². The summed E-state index contributed by atoms with van der Waals surface area (Å²) < 4.78 is 4.66. The Kier molecular flexibility index (Phi) is 6.24. The topological polar surface area (TPSA) is 107 Å². The van der Waals surface area contributed by atoms with Gasteiger partial charge in [0.25, 0.3) is 5.69 Å². The number of ether oxygens (including phenoxy) is 1. The third-order valence-corrected chi connectivity index (χ3v) is 2.59. The van der Waals surface area contributed by atoms with E-state index in [0.717, 1.165) is 24.0 Å². The molecule has 0 atom stereocenters. The second-order valence-electron chi connectivity index (χ2n) is 3.99. The van der Waals surface area contributed by atoms with E-state index in [4.69, 9.17) is 0 Å². The van der Waals surface area contributed by atoms with E-state index in [1.807, 2.05) is 18.2 Å². The van der Waals surface area contributed by atoms with Crippen molar-refractivity contribution in [1.29, 1.82) is 0 Å². The summed E-state index contributed by atoms with van der Waals surface area (Å²) in [5.74, 6) is -0.345. The molecule has 0 aromatic heterocycles. The summed E-state index contributed by atoms with van der Waals surface area (Å²) in [5.41, 5.74) is 0.149. The first-order valence-electron chi connectivity index (χ1n) is 6.04. The van der Waals surface area contributed by atoms with Crippen LogP contribution in [0.3, 0.4) is 0 Å². The first-order chi connectivity index (χ1) is 10.5. The molecule has 0 heterocycles. The van der Waals surface area contributed by atoms with Crippen molar-refractivity contribution in [3.05, 3.63) is 63.7 Å². The largest absolute Gasteiger partial charge is 0.504 e. The molecule has 0 aliphatic carbocycles. The van der Waals surface area contributed by atoms with Crippen LogP contribution in [0.15, 0.2) is 42.5 Å². The summed E-state index contributed by atoms with van der Waals surface area (Å²) in [7, 11) is 1.26. The van der Waals surface area contributed by atoms with Gasteiger partial charge in [0.15, 0.2) is 17.8 Å². The fourth-order valence-electron chi connectivity index (χ4n) is 1.52. The standard InChI is InChI=1S/C8H7NO5.C7H6O/c1-14-8-3-6(9(12)13)5(4-10)2-7(8)11;8-6-7-4-2-1-3-5-7/h2-4,11H,1H3;1-6H. The van der Waals surface area contributed by atoms with Crippen LogP contribution in [0.25, 0.3) is 0 Å². The van der Waals surface area contributed by atoms with Gasteiger partial charge in [-0.25, -0.2) is 0 Å². The number of phenols is 1. The number of methoxy groups -OCH3 is 1. The van der Waals surface area contributed by atoms with Crippen molar-refractivity contribution in [2.24, 2.45) is 0 Å². The van der Waals surface area contributed by atoms with E-state index in [2.05, 4.69) is 4.74 Å². The molecule has 0 spiro atoms. The van der Waals surface area contributed by atoms with Crippen molar-refractivity contribution < 1.29 is 24.4 Å². The molecule has 0 aliphatic rings. The second kappa shape index (κ2) is 8.15. The number of aromatic hydroxyl groups is 1. The maximum atomic E-state index is 10.5. The van der Waals surface area contributed by atoms with Gasteiger partial charge in [0.2, 0.25) is 0 Å². The van der Waals surface area contributed by atoms with E-state index in [9.17, 15) is 24.8 Å². The molecule has 0 fully saturated rings. The van der Waals surface area contributed by atoms with Gasteiger partial charge in [0.1, 0.15) is 6.29 Å². The lowest BCUT2D eigenvalue weighted by molar-refractivity contribution is -0.385. The van der Waals surface area contributed by atoms with Crippen LogP contribution in [0, 0.1) is 10.1 Å². The molecular formula is C15H13NO6. The zero-order valence-corrected chi connectivity index (χ0v) is 11.6. The molecule has 2 rings (SSSR count). The Balaban J connectivity index is 0.000000255. The number of rotatable bonds is 4. The molecular weight excluding hydrogens is 290 g/mol. The van der Waals surface area contributed by atoms with Crippen LogP contribution < -0.4 is 4.74 Å². The van der Waals surface area contributed by atoms with Gasteiger partial charge in [-0.1, -0.05) is 30.3 Å². The van der Waals surface area contributed by atoms with Crippen LogP contribution in [0.4, 0.5) is 5.69 Å². The van der Waals surface area contributed by atoms with Gasteiger partial charge in [-0.05, 0) is 0 Å². The van der Waals surface area contributed by atoms with E-state index in [1.54, 1.807) is 12.1 Å². The minimum Gasteiger partial charge on any atom is -0.504 e. The average Bonchev–Trinajstić information content (AvgIpc) is 2.55. The smallest absolute Gasteiger partial charge is 0.283 e. The number of benzene rings is 2. The predicted octanol–water partition coefficient (Wildman–Crippen LogP) is 2.62. The number of hydrogen-bond acceptors (Lipinski definition) is 6. The van der Waals surface area contributed by atoms with E-state index >= 15 is 0 Å². The molecule has 0 aliphatic heterocycles. The fourth-order valence-corrected chi connectivity index (χ4v) is 1.52. The second-order valence-corrected chi connectivity index (χ2v) is 3.99. The maximum Gasteiger partial charge on any atom is 0.283 e. The summed E-state index contributed by atoms with van der Waals surface area (Å²) in [4.78, 5) is 30.2. The Hall–Kier alpha value is -3.22. The van der Waals surface area contributed by atoms with Crippen molar-refractivity contribution in [3.8, 4) is 11.5 Å². The zero-order valence-electron chi connectivity index (χ0n) is 11.6. The average molecular weight is 303 g/mol. The zero-order chi connectivity index (χ0) is 16.5. The Bertz CT molecular complexity index is 669. The number of nitro groups is 1. The molecule has 0 bridgehead atoms. The Morgan fingerprint density at radius 2 is 1.77 bits per heavy atom. The molecule has 114 valence electrons. The van der Waals surface area contributed by atoms with E-state index < -0.39 is 10.6 Å². The summed E-state index contributed by atoms with van der Waals surface area (Å²) in [6.45, 7) is 0. The Morgan fingerprint density at radius 3 is 2.18 bits per heavy atom. The number of carbonyl (C=O) groups is 2. The molecule has 2 aromatic rings. The van der Waals surface area contributed by atoms with Gasteiger partial charge in [0, 0.05) is 11.6 Å². The number of carbonyl (C=O) groups excluding carboxylic acids is 2. The van der Waals surface area contributed by atoms with Crippen LogP contribution >= 0.6 is 0 Å². The molecule has 0 saturated carbocycles. The lowest BCUT2D eigenvalue weighted by Gasteiger charge is -2.03. The molecule has 7 nitrogen and oxygen atoms in total. The monoisotopic (exact) mass is 303 g/mol. The lowest BCUT2D eigenvalue weighted by atomic mass is 10.2. The van der Waals surface area contributed by atoms with Crippen molar-refractivity contribution in [2.45, 2.75) is 0 Å². The van der Waals surface area contributed by atoms with Crippen LogP contribution in [0.5, 0.6) is 11.5 Å². The van der Waals surface area contributed by atoms with Crippen molar-refractivity contribution in [3.63, 3.8) is 0 Å². The predicted molar refractivity (Wildman–Crippen MR) is 78.5 cm³/mol. The molecule has 1 N–H and O–H groups in total. The third-order valence-electron chi connectivity index (χ3n) is 2.59. The lowest BCUT2D eigenvalue weighted by Crippen LogP contribution is -1.95. The van der Waals surface area contributed by atoms with Gasteiger partial charge in [0.05, 0.1) is 23.7 Å². The first-order valence-corrected chi connectivity index (χ1v) is 6.04. The molecule has 0 radical (unpaired) electrons. The Morgan fingerprint density at radius 1 is 1.14 bits per heavy atom. The van der Waals surface area contributed by atoms with E-state index in [-0.39, 0.29) is 17.1 Å². The molecule has 0 amide bonds. The molecule has 2 aromatic carbocycles. The van der Waals surface area contributed by atoms with E-state index in [1.165, 1.54) is 7.11 Å². The number of nitro benzene ring substituents is 1. The fraction of sp³-hybridized carbons (Fsp3) is 0.0667. The highest BCUT2D eigenvalue weighted by molar-refractivity contribution is 5.83. The van der Waals surface area contributed by atoms with Crippen molar-refractivity contribution >= 4 is 18.3 Å². The van der Waals surface area contributed by atoms with Crippen molar-refractivity contribution in [2.75, 3.05) is 7.11 Å². The van der Waals surface area contributed by atoms with Crippen molar-refractivity contribution in [1.82, 2.24) is 0 Å². The van der Waals surface area contributed by atoms with Gasteiger partial charge >= 0.3 is 0 Å². The highest BCUT2D eigenvalue weighted by Crippen LogP contribution is 2.32. The number of hydrogen-bond donors (Lipinski definition) is 1. The summed E-state index contributed by atoms with van der Waals surface area (Å²) in [5, 5.41) is 19.7. The molecule has 7 heteroatoms. The van der Waals surface area contributed by atoms with Crippen LogP contribution in [0.2, 0.25) is 0 Å². The minimum atomic E-state index is -0.717. The maximum absolute atomic E-state index is 10.5. The highest BCUT2D eigenvalue weighted by atomic mass is 16.6. The van der Waals surface area contributed by atoms with Crippen LogP contribution in [-0.2, 0) is 0 Å². The van der Waals surface area contributed by atoms with Crippen LogP contribution in [0.1, 0.15) is 20.7 Å². The van der Waals surface area contributed by atoms with Gasteiger partial charge in [-0.2, -0.15) is 0 Å². The number of phenolic OH excluding ortho intramolecular Hbond substituents is 1. The van der Waals surface area contributed by atoms with Gasteiger partial charge in [-0.3, -0.25) is 19.7 Å². The molecule has 0 saturated heterocycles. The normalized spacial score (nSPS) is 9.14. The summed E-state index contributed by atoms with van der Waals surface area (Å²) in [6.07, 6.45) is 1.14. The van der Waals surface area contributed by atoms with E-state index in [0.29, 0.717) is 6.29 Å². The van der Waals surface area contributed by atoms with Crippen LogP contribution in [-0.4, -0.2) is 29.7 Å². The first kappa shape index (κ1) is 16.8. The number of nitrogens with zero attached hydrogens (tertiary/aromatic N) is 1. The number of aldehydes is 2. The Labute approximate surface area is 125 Å². The van der Waals surface area contributed by atoms with Gasteiger partial charge in [-0.15, -0.1) is 0 Å². The minimum absolute atomic E-state index is 0.0395. The SMILES string of the molecule is COc1cc([N+](=O)[O-])c(C=O)cc1O.O=Cc1ccccc1. The summed E-state index contributed by atoms with van der Waals surface area (Å²) >= 11 is 0. The quantitative estimate of drug-likeness (QED) is 0.528. The highest BCUT2D eigenvalue weighted by Gasteiger charge is 2.17.